The van der Waals surface area contributed by atoms with Crippen LogP contribution in [0.5, 0.6) is 0 Å². The Hall–Kier alpha value is -1.30. The molecule has 0 radical (unpaired) electrons. The number of nitrogens with one attached hydrogen (secondary N) is 1. The fourth-order valence-corrected chi connectivity index (χ4v) is 3.45. The summed E-state index contributed by atoms with van der Waals surface area (Å²) in [6.07, 6.45) is 5.30. The van der Waals surface area contributed by atoms with Crippen molar-refractivity contribution in [3.05, 3.63) is 0 Å². The molecule has 1 saturated carbocycles. The van der Waals surface area contributed by atoms with Gasteiger partial charge in [0.05, 0.1) is 6.10 Å². The molecule has 2 unspecified atom stereocenters. The van der Waals surface area contributed by atoms with E-state index >= 15 is 0 Å². The number of β-amino-alcohol motifs (C(OH)–C–C–N with tert-alkyl or cyclic N) is 1. The number of carboxylic acids is 1. The fraction of sp³-hybridized carbons (Fsp3) is 0.867. The summed E-state index contributed by atoms with van der Waals surface area (Å²) in [7, 11) is 0. The molecule has 2 atom stereocenters. The van der Waals surface area contributed by atoms with Crippen molar-refractivity contribution in [2.45, 2.75) is 57.6 Å². The van der Waals surface area contributed by atoms with E-state index in [0.29, 0.717) is 12.5 Å². The zero-order valence-corrected chi connectivity index (χ0v) is 12.6. The van der Waals surface area contributed by atoms with Gasteiger partial charge in [-0.2, -0.15) is 0 Å². The van der Waals surface area contributed by atoms with Crippen molar-refractivity contribution in [3.63, 3.8) is 0 Å². The zero-order chi connectivity index (χ0) is 15.4. The predicted octanol–water partition coefficient (Wildman–Crippen LogP) is 1.43. The first-order valence-electron chi connectivity index (χ1n) is 7.96. The van der Waals surface area contributed by atoms with Crippen molar-refractivity contribution >= 4 is 12.0 Å². The van der Waals surface area contributed by atoms with Gasteiger partial charge < -0.3 is 20.4 Å². The normalized spacial score (nSPS) is 33.0. The number of hydrogen-bond acceptors (Lipinski definition) is 3. The SMILES string of the molecule is CCC1CCC(CNC(=O)N2CC(O)CC2C(=O)O)CC1. The van der Waals surface area contributed by atoms with E-state index in [1.807, 2.05) is 0 Å². The average molecular weight is 298 g/mol. The van der Waals surface area contributed by atoms with Gasteiger partial charge in [-0.25, -0.2) is 9.59 Å². The van der Waals surface area contributed by atoms with Gasteiger partial charge in [0.1, 0.15) is 6.04 Å². The molecule has 120 valence electrons. The van der Waals surface area contributed by atoms with Crippen LogP contribution >= 0.6 is 0 Å². The first-order valence-corrected chi connectivity index (χ1v) is 7.96. The summed E-state index contributed by atoms with van der Waals surface area (Å²) in [5.41, 5.74) is 0. The Morgan fingerprint density at radius 2 is 1.81 bits per heavy atom. The molecule has 1 heterocycles. The van der Waals surface area contributed by atoms with Gasteiger partial charge in [0.25, 0.3) is 0 Å². The van der Waals surface area contributed by atoms with E-state index in [0.717, 1.165) is 18.8 Å². The monoisotopic (exact) mass is 298 g/mol. The van der Waals surface area contributed by atoms with Crippen molar-refractivity contribution in [3.8, 4) is 0 Å². The number of urea groups is 1. The van der Waals surface area contributed by atoms with Crippen LogP contribution in [-0.4, -0.2) is 52.3 Å². The maximum Gasteiger partial charge on any atom is 0.326 e. The van der Waals surface area contributed by atoms with Crippen LogP contribution in [0.1, 0.15) is 45.4 Å². The number of hydrogen-bond donors (Lipinski definition) is 3. The molecule has 2 amide bonds. The third-order valence-electron chi connectivity index (χ3n) is 4.91. The number of likely N-dealkylation sites (tertiary alicyclic amines) is 1. The average Bonchev–Trinajstić information content (AvgIpc) is 2.87. The Balaban J connectivity index is 1.78. The van der Waals surface area contributed by atoms with Crippen LogP contribution in [0.4, 0.5) is 4.79 Å². The highest BCUT2D eigenvalue weighted by Gasteiger charge is 2.39. The molecule has 0 aromatic heterocycles. The molecular weight excluding hydrogens is 272 g/mol. The zero-order valence-electron chi connectivity index (χ0n) is 12.6. The number of aliphatic hydroxyl groups excluding tert-OH is 1. The lowest BCUT2D eigenvalue weighted by Crippen LogP contribution is -2.47. The largest absolute Gasteiger partial charge is 0.480 e. The van der Waals surface area contributed by atoms with Gasteiger partial charge in [-0.15, -0.1) is 0 Å². The van der Waals surface area contributed by atoms with Crippen molar-refractivity contribution in [1.29, 1.82) is 0 Å². The summed E-state index contributed by atoms with van der Waals surface area (Å²) >= 11 is 0. The van der Waals surface area contributed by atoms with Crippen molar-refractivity contribution in [1.82, 2.24) is 10.2 Å². The Labute approximate surface area is 125 Å². The number of aliphatic carboxylic acids is 1. The summed E-state index contributed by atoms with van der Waals surface area (Å²) in [6.45, 7) is 2.93. The van der Waals surface area contributed by atoms with E-state index < -0.39 is 18.1 Å². The molecule has 0 aromatic rings. The maximum absolute atomic E-state index is 12.1. The molecule has 2 fully saturated rings. The van der Waals surface area contributed by atoms with E-state index in [1.54, 1.807) is 0 Å². The smallest absolute Gasteiger partial charge is 0.326 e. The maximum atomic E-state index is 12.1. The number of amides is 2. The van der Waals surface area contributed by atoms with E-state index in [1.165, 1.54) is 24.2 Å². The van der Waals surface area contributed by atoms with Crippen molar-refractivity contribution in [2.24, 2.45) is 11.8 Å². The third kappa shape index (κ3) is 4.09. The molecule has 1 aliphatic heterocycles. The molecule has 3 N–H and O–H groups in total. The van der Waals surface area contributed by atoms with E-state index in [4.69, 9.17) is 5.11 Å². The van der Waals surface area contributed by atoms with Gasteiger partial charge in [0, 0.05) is 19.5 Å². The Morgan fingerprint density at radius 1 is 1.19 bits per heavy atom. The van der Waals surface area contributed by atoms with E-state index in [2.05, 4.69) is 12.2 Å². The van der Waals surface area contributed by atoms with Gasteiger partial charge in [-0.1, -0.05) is 26.2 Å². The van der Waals surface area contributed by atoms with Gasteiger partial charge in [-0.3, -0.25) is 0 Å². The first kappa shape index (κ1) is 16.1. The second-order valence-electron chi connectivity index (χ2n) is 6.38. The second-order valence-corrected chi connectivity index (χ2v) is 6.38. The molecule has 2 aliphatic rings. The van der Waals surface area contributed by atoms with E-state index in [-0.39, 0.29) is 19.0 Å². The van der Waals surface area contributed by atoms with Crippen LogP contribution in [0.15, 0.2) is 0 Å². The lowest BCUT2D eigenvalue weighted by atomic mass is 9.81. The molecule has 21 heavy (non-hydrogen) atoms. The number of carbonyl (C=O) groups excluding carboxylic acids is 1. The van der Waals surface area contributed by atoms with Crippen molar-refractivity contribution < 1.29 is 19.8 Å². The van der Waals surface area contributed by atoms with Crippen LogP contribution < -0.4 is 5.32 Å². The van der Waals surface area contributed by atoms with Crippen LogP contribution in [0.3, 0.4) is 0 Å². The number of rotatable bonds is 4. The number of carbonyl (C=O) groups is 2. The van der Waals surface area contributed by atoms with Gasteiger partial charge in [0.2, 0.25) is 0 Å². The molecular formula is C15H26N2O4. The van der Waals surface area contributed by atoms with Crippen LogP contribution in [0.25, 0.3) is 0 Å². The van der Waals surface area contributed by atoms with E-state index in [9.17, 15) is 14.7 Å². The molecule has 2 rings (SSSR count). The highest BCUT2D eigenvalue weighted by Crippen LogP contribution is 2.30. The minimum atomic E-state index is -1.05. The minimum Gasteiger partial charge on any atom is -0.480 e. The minimum absolute atomic E-state index is 0.103. The summed E-state index contributed by atoms with van der Waals surface area (Å²) in [4.78, 5) is 24.5. The highest BCUT2D eigenvalue weighted by molar-refractivity contribution is 5.83. The highest BCUT2D eigenvalue weighted by atomic mass is 16.4. The molecule has 0 spiro atoms. The standard InChI is InChI=1S/C15H26N2O4/c1-2-10-3-5-11(6-4-10)8-16-15(21)17-9-12(18)7-13(17)14(19)20/h10-13,18H,2-9H2,1H3,(H,16,21)(H,19,20). The van der Waals surface area contributed by atoms with Crippen LogP contribution in [-0.2, 0) is 4.79 Å². The van der Waals surface area contributed by atoms with Gasteiger partial charge in [-0.05, 0) is 24.7 Å². The molecule has 6 nitrogen and oxygen atoms in total. The number of nitrogens with zero attached hydrogens (tertiary/aromatic N) is 1. The fourth-order valence-electron chi connectivity index (χ4n) is 3.45. The topological polar surface area (TPSA) is 89.9 Å². The summed E-state index contributed by atoms with van der Waals surface area (Å²) in [5, 5.41) is 21.5. The number of aliphatic hydroxyl groups is 1. The Kier molecular flexibility index (Phi) is 5.45. The van der Waals surface area contributed by atoms with Crippen molar-refractivity contribution in [2.75, 3.05) is 13.1 Å². The second kappa shape index (κ2) is 7.11. The third-order valence-corrected chi connectivity index (χ3v) is 4.91. The summed E-state index contributed by atoms with van der Waals surface area (Å²) in [5.74, 6) is 0.264. The van der Waals surface area contributed by atoms with Gasteiger partial charge in [0.15, 0.2) is 0 Å². The molecule has 1 aliphatic carbocycles. The summed E-state index contributed by atoms with van der Waals surface area (Å²) < 4.78 is 0. The lowest BCUT2D eigenvalue weighted by Gasteiger charge is -2.29. The molecule has 0 aromatic carbocycles. The Bertz CT molecular complexity index is 380. The van der Waals surface area contributed by atoms with Crippen LogP contribution in [0, 0.1) is 11.8 Å². The molecule has 1 saturated heterocycles. The number of carboxylic acid groups (broad SMARTS) is 1. The Morgan fingerprint density at radius 3 is 2.38 bits per heavy atom. The lowest BCUT2D eigenvalue weighted by molar-refractivity contribution is -0.141. The quantitative estimate of drug-likeness (QED) is 0.732. The summed E-state index contributed by atoms with van der Waals surface area (Å²) in [6, 6.07) is -1.27. The molecule has 0 bridgehead atoms. The molecule has 6 heteroatoms. The van der Waals surface area contributed by atoms with Gasteiger partial charge >= 0.3 is 12.0 Å². The first-order chi connectivity index (χ1) is 10.0. The van der Waals surface area contributed by atoms with Crippen LogP contribution in [0.2, 0.25) is 0 Å². The predicted molar refractivity (Wildman–Crippen MR) is 77.9 cm³/mol.